The highest BCUT2D eigenvalue weighted by molar-refractivity contribution is 6.07. The molecule has 0 aliphatic rings. The summed E-state index contributed by atoms with van der Waals surface area (Å²) >= 11 is 0. The van der Waals surface area contributed by atoms with Crippen LogP contribution in [0.2, 0.25) is 0 Å². The van der Waals surface area contributed by atoms with Crippen molar-refractivity contribution in [3.63, 3.8) is 0 Å². The largest absolute Gasteiger partial charge is 0.403 e. The summed E-state index contributed by atoms with van der Waals surface area (Å²) in [5.74, 6) is 0.307. The highest BCUT2D eigenvalue weighted by Gasteiger charge is 2.23. The molecule has 0 saturated heterocycles. The second-order valence-corrected chi connectivity index (χ2v) is 5.56. The number of amides is 1. The molecule has 4 aromatic rings. The number of rotatable bonds is 4. The highest BCUT2D eigenvalue weighted by Crippen LogP contribution is 2.26. The second kappa shape index (κ2) is 6.64. The molecule has 7 heteroatoms. The molecule has 0 radical (unpaired) electrons. The number of benzene rings is 2. The predicted molar refractivity (Wildman–Crippen MR) is 94.4 cm³/mol. The van der Waals surface area contributed by atoms with Crippen LogP contribution in [-0.4, -0.2) is 21.3 Å². The lowest BCUT2D eigenvalue weighted by Crippen LogP contribution is -2.13. The van der Waals surface area contributed by atoms with Gasteiger partial charge in [-0.05, 0) is 19.1 Å². The summed E-state index contributed by atoms with van der Waals surface area (Å²) in [6.45, 7) is 1.68. The molecule has 1 N–H and O–H groups in total. The molecule has 128 valence electrons. The molecule has 2 heterocycles. The third kappa shape index (κ3) is 2.98. The van der Waals surface area contributed by atoms with Crippen molar-refractivity contribution in [1.82, 2.24) is 15.4 Å². The van der Waals surface area contributed by atoms with E-state index in [1.807, 2.05) is 60.7 Å². The molecule has 0 unspecified atom stereocenters. The molecular formula is C19H14N4O3. The molecule has 0 fully saturated rings. The zero-order valence-electron chi connectivity index (χ0n) is 13.8. The summed E-state index contributed by atoms with van der Waals surface area (Å²) in [5.41, 5.74) is 2.34. The Bertz CT molecular complexity index is 1040. The number of nitrogens with zero attached hydrogens (tertiary/aromatic N) is 3. The van der Waals surface area contributed by atoms with E-state index in [2.05, 4.69) is 20.7 Å². The zero-order valence-corrected chi connectivity index (χ0v) is 13.8. The number of aromatic nitrogens is 3. The van der Waals surface area contributed by atoms with Gasteiger partial charge in [0.25, 0.3) is 5.91 Å². The molecule has 0 saturated carbocycles. The number of carbonyl (C=O) groups excluding carboxylic acids is 1. The SMILES string of the molecule is Cc1onc(-c2ccccc2)c1C(=O)Nc1nnc(-c2ccccc2)o1. The number of hydrogen-bond acceptors (Lipinski definition) is 6. The Morgan fingerprint density at radius 3 is 2.27 bits per heavy atom. The Morgan fingerprint density at radius 1 is 0.923 bits per heavy atom. The lowest BCUT2D eigenvalue weighted by molar-refractivity contribution is 0.102. The Morgan fingerprint density at radius 2 is 1.58 bits per heavy atom. The van der Waals surface area contributed by atoms with Crippen LogP contribution < -0.4 is 5.32 Å². The van der Waals surface area contributed by atoms with Gasteiger partial charge >= 0.3 is 6.01 Å². The maximum Gasteiger partial charge on any atom is 0.322 e. The second-order valence-electron chi connectivity index (χ2n) is 5.56. The monoisotopic (exact) mass is 346 g/mol. The first-order valence-electron chi connectivity index (χ1n) is 7.94. The number of nitrogens with one attached hydrogen (secondary N) is 1. The average molecular weight is 346 g/mol. The lowest BCUT2D eigenvalue weighted by Gasteiger charge is -2.02. The van der Waals surface area contributed by atoms with Crippen LogP contribution in [0.4, 0.5) is 6.01 Å². The van der Waals surface area contributed by atoms with Crippen LogP contribution in [0.15, 0.2) is 69.6 Å². The molecule has 0 bridgehead atoms. The van der Waals surface area contributed by atoms with Gasteiger partial charge in [0.1, 0.15) is 17.0 Å². The number of aryl methyl sites for hydroxylation is 1. The maximum absolute atomic E-state index is 12.7. The van der Waals surface area contributed by atoms with E-state index in [-0.39, 0.29) is 6.01 Å². The average Bonchev–Trinajstić information content (AvgIpc) is 3.30. The smallest absolute Gasteiger partial charge is 0.322 e. The minimum absolute atomic E-state index is 0.00784. The Labute approximate surface area is 148 Å². The molecule has 1 amide bonds. The summed E-state index contributed by atoms with van der Waals surface area (Å²) in [6.07, 6.45) is 0. The highest BCUT2D eigenvalue weighted by atomic mass is 16.5. The normalized spacial score (nSPS) is 10.7. The Balaban J connectivity index is 1.60. The molecule has 4 rings (SSSR count). The van der Waals surface area contributed by atoms with Gasteiger partial charge in [-0.2, -0.15) is 0 Å². The fourth-order valence-electron chi connectivity index (χ4n) is 2.56. The summed E-state index contributed by atoms with van der Waals surface area (Å²) < 4.78 is 10.7. The van der Waals surface area contributed by atoms with Gasteiger partial charge in [-0.25, -0.2) is 0 Å². The van der Waals surface area contributed by atoms with Crippen LogP contribution in [0.3, 0.4) is 0 Å². The Hall–Kier alpha value is -3.74. The third-order valence-electron chi connectivity index (χ3n) is 3.80. The van der Waals surface area contributed by atoms with Crippen LogP contribution in [0, 0.1) is 6.92 Å². The molecule has 26 heavy (non-hydrogen) atoms. The molecule has 0 spiro atoms. The summed E-state index contributed by atoms with van der Waals surface area (Å²) in [6, 6.07) is 18.7. The molecule has 0 atom stereocenters. The third-order valence-corrected chi connectivity index (χ3v) is 3.80. The Kier molecular flexibility index (Phi) is 4.03. The van der Waals surface area contributed by atoms with Crippen molar-refractivity contribution in [2.24, 2.45) is 0 Å². The van der Waals surface area contributed by atoms with Crippen molar-refractivity contribution in [3.05, 3.63) is 72.0 Å². The lowest BCUT2D eigenvalue weighted by atomic mass is 10.1. The molecule has 0 aliphatic heterocycles. The molecule has 2 aromatic heterocycles. The summed E-state index contributed by atoms with van der Waals surface area (Å²) in [5, 5.41) is 14.4. The number of carbonyl (C=O) groups is 1. The number of hydrogen-bond donors (Lipinski definition) is 1. The van der Waals surface area contributed by atoms with E-state index in [1.54, 1.807) is 6.92 Å². The van der Waals surface area contributed by atoms with Gasteiger partial charge in [0.05, 0.1) is 0 Å². The molecular weight excluding hydrogens is 332 g/mol. The molecule has 2 aromatic carbocycles. The van der Waals surface area contributed by atoms with Crippen LogP contribution in [0.25, 0.3) is 22.7 Å². The first kappa shape index (κ1) is 15.8. The minimum atomic E-state index is -0.425. The van der Waals surface area contributed by atoms with Crippen molar-refractivity contribution < 1.29 is 13.7 Å². The fourth-order valence-corrected chi connectivity index (χ4v) is 2.56. The van der Waals surface area contributed by atoms with Crippen LogP contribution in [0.1, 0.15) is 16.1 Å². The summed E-state index contributed by atoms with van der Waals surface area (Å²) in [4.78, 5) is 12.7. The van der Waals surface area contributed by atoms with Crippen molar-refractivity contribution in [2.75, 3.05) is 5.32 Å². The number of anilines is 1. The summed E-state index contributed by atoms with van der Waals surface area (Å²) in [7, 11) is 0. The molecule has 7 nitrogen and oxygen atoms in total. The van der Waals surface area contributed by atoms with E-state index in [4.69, 9.17) is 8.94 Å². The van der Waals surface area contributed by atoms with E-state index in [9.17, 15) is 4.79 Å². The minimum Gasteiger partial charge on any atom is -0.403 e. The van der Waals surface area contributed by atoms with Gasteiger partial charge in [0, 0.05) is 11.1 Å². The van der Waals surface area contributed by atoms with Crippen LogP contribution >= 0.6 is 0 Å². The van der Waals surface area contributed by atoms with Gasteiger partial charge in [0.2, 0.25) is 5.89 Å². The van der Waals surface area contributed by atoms with E-state index in [0.717, 1.165) is 11.1 Å². The standard InChI is InChI=1S/C19H14N4O3/c1-12-15(16(23-26-12)13-8-4-2-5-9-13)17(24)20-19-22-21-18(25-19)14-10-6-3-7-11-14/h2-11H,1H3,(H,20,22,24). The van der Waals surface area contributed by atoms with Gasteiger partial charge in [-0.3, -0.25) is 10.1 Å². The molecule has 0 aliphatic carbocycles. The van der Waals surface area contributed by atoms with Crippen molar-refractivity contribution in [3.8, 4) is 22.7 Å². The quantitative estimate of drug-likeness (QED) is 0.601. The van der Waals surface area contributed by atoms with E-state index < -0.39 is 5.91 Å². The van der Waals surface area contributed by atoms with Crippen molar-refractivity contribution in [2.45, 2.75) is 6.92 Å². The fraction of sp³-hybridized carbons (Fsp3) is 0.0526. The van der Waals surface area contributed by atoms with Crippen LogP contribution in [0.5, 0.6) is 0 Å². The van der Waals surface area contributed by atoms with Crippen LogP contribution in [-0.2, 0) is 0 Å². The zero-order chi connectivity index (χ0) is 17.9. The van der Waals surface area contributed by atoms with Gasteiger partial charge in [0.15, 0.2) is 0 Å². The first-order valence-corrected chi connectivity index (χ1v) is 7.94. The van der Waals surface area contributed by atoms with Gasteiger partial charge < -0.3 is 8.94 Å². The first-order chi connectivity index (χ1) is 12.7. The van der Waals surface area contributed by atoms with Crippen molar-refractivity contribution >= 4 is 11.9 Å². The van der Waals surface area contributed by atoms with Crippen molar-refractivity contribution in [1.29, 1.82) is 0 Å². The maximum atomic E-state index is 12.7. The van der Waals surface area contributed by atoms with E-state index in [1.165, 1.54) is 0 Å². The topological polar surface area (TPSA) is 94.1 Å². The van der Waals surface area contributed by atoms with Gasteiger partial charge in [-0.1, -0.05) is 58.8 Å². The van der Waals surface area contributed by atoms with E-state index in [0.29, 0.717) is 22.9 Å². The van der Waals surface area contributed by atoms with Gasteiger partial charge in [-0.15, -0.1) is 5.10 Å². The van der Waals surface area contributed by atoms with E-state index >= 15 is 0 Å². The predicted octanol–water partition coefficient (Wildman–Crippen LogP) is 3.95.